The summed E-state index contributed by atoms with van der Waals surface area (Å²) < 4.78 is 47.0. The highest BCUT2D eigenvalue weighted by atomic mass is 19.4. The number of amides is 1. The van der Waals surface area contributed by atoms with Gasteiger partial charge in [0.15, 0.2) is 5.52 Å². The van der Waals surface area contributed by atoms with Gasteiger partial charge in [0.2, 0.25) is 5.88 Å². The molecule has 1 fully saturated rings. The van der Waals surface area contributed by atoms with Gasteiger partial charge in [0.1, 0.15) is 11.9 Å². The zero-order valence-corrected chi connectivity index (χ0v) is 20.1. The molecule has 3 aromatic heterocycles. The van der Waals surface area contributed by atoms with Crippen LogP contribution < -0.4 is 10.3 Å². The normalized spacial score (nSPS) is 21.4. The van der Waals surface area contributed by atoms with Gasteiger partial charge in [-0.15, -0.1) is 0 Å². The number of hydrogen-bond acceptors (Lipinski definition) is 7. The second kappa shape index (κ2) is 9.49. The van der Waals surface area contributed by atoms with Crippen LogP contribution in [0, 0.1) is 18.8 Å². The van der Waals surface area contributed by atoms with Crippen molar-refractivity contribution >= 4 is 16.9 Å². The van der Waals surface area contributed by atoms with Crippen LogP contribution in [0.25, 0.3) is 11.0 Å². The maximum atomic E-state index is 13.8. The first-order valence-electron chi connectivity index (χ1n) is 11.4. The van der Waals surface area contributed by atoms with Crippen molar-refractivity contribution in [3.05, 3.63) is 57.4 Å². The highest BCUT2D eigenvalue weighted by Crippen LogP contribution is 2.36. The number of nitrogens with one attached hydrogen (secondary N) is 1. The Morgan fingerprint density at radius 3 is 2.47 bits per heavy atom. The molecular weight excluding hydrogens is 479 g/mol. The van der Waals surface area contributed by atoms with Crippen molar-refractivity contribution in [2.45, 2.75) is 46.1 Å². The Kier molecular flexibility index (Phi) is 6.74. The van der Waals surface area contributed by atoms with Crippen LogP contribution >= 0.6 is 0 Å². The number of hydrogen-bond donors (Lipinski definition) is 2. The fourth-order valence-electron chi connectivity index (χ4n) is 4.45. The number of carbonyl (C=O) groups is 1. The smallest absolute Gasteiger partial charge is 0.418 e. The first kappa shape index (κ1) is 25.5. The monoisotopic (exact) mass is 505 g/mol. The summed E-state index contributed by atoms with van der Waals surface area (Å²) in [4.78, 5) is 41.2. The zero-order valence-electron chi connectivity index (χ0n) is 20.1. The molecule has 36 heavy (non-hydrogen) atoms. The van der Waals surface area contributed by atoms with E-state index in [1.807, 2.05) is 13.8 Å². The summed E-state index contributed by atoms with van der Waals surface area (Å²) in [5, 5.41) is 10.1. The molecule has 0 aromatic carbocycles. The van der Waals surface area contributed by atoms with Crippen molar-refractivity contribution < 1.29 is 27.8 Å². The van der Waals surface area contributed by atoms with Gasteiger partial charge in [-0.3, -0.25) is 9.59 Å². The van der Waals surface area contributed by atoms with Crippen LogP contribution in [0.3, 0.4) is 0 Å². The number of piperidine rings is 1. The van der Waals surface area contributed by atoms with E-state index in [0.717, 1.165) is 6.07 Å². The molecule has 0 aliphatic carbocycles. The van der Waals surface area contributed by atoms with E-state index < -0.39 is 35.2 Å². The molecule has 1 aliphatic rings. The molecule has 1 aliphatic heterocycles. The predicted molar refractivity (Wildman–Crippen MR) is 123 cm³/mol. The van der Waals surface area contributed by atoms with E-state index in [0.29, 0.717) is 18.7 Å². The molecular formula is C24H26F3N5O4. The van der Waals surface area contributed by atoms with Gasteiger partial charge in [-0.2, -0.15) is 13.2 Å². The van der Waals surface area contributed by atoms with E-state index >= 15 is 0 Å². The summed E-state index contributed by atoms with van der Waals surface area (Å²) >= 11 is 0. The summed E-state index contributed by atoms with van der Waals surface area (Å²) in [7, 11) is 0. The number of aryl methyl sites for hydroxylation is 1. The Hall–Kier alpha value is -3.54. The number of carbonyl (C=O) groups excluding carboxylic acids is 1. The van der Waals surface area contributed by atoms with Gasteiger partial charge >= 0.3 is 6.18 Å². The van der Waals surface area contributed by atoms with Crippen LogP contribution in [0.15, 0.2) is 29.2 Å². The van der Waals surface area contributed by atoms with Gasteiger partial charge in [-0.1, -0.05) is 13.8 Å². The second-order valence-electron chi connectivity index (χ2n) is 9.24. The average Bonchev–Trinajstić information content (AvgIpc) is 2.80. The third-order valence-electron chi connectivity index (χ3n) is 6.27. The molecule has 1 amide bonds. The van der Waals surface area contributed by atoms with Gasteiger partial charge in [0, 0.05) is 25.4 Å². The minimum Gasteiger partial charge on any atom is -0.468 e. The van der Waals surface area contributed by atoms with E-state index in [1.54, 1.807) is 4.90 Å². The van der Waals surface area contributed by atoms with Gasteiger partial charge in [0.25, 0.3) is 11.5 Å². The Balaban J connectivity index is 1.57. The van der Waals surface area contributed by atoms with Crippen LogP contribution in [0.2, 0.25) is 0 Å². The zero-order chi connectivity index (χ0) is 26.4. The topological polar surface area (TPSA) is 121 Å². The summed E-state index contributed by atoms with van der Waals surface area (Å²) in [6.45, 7) is 7.38. The van der Waals surface area contributed by atoms with E-state index in [-0.39, 0.29) is 40.5 Å². The van der Waals surface area contributed by atoms with Gasteiger partial charge in [0.05, 0.1) is 28.4 Å². The number of rotatable bonds is 4. The quantitative estimate of drug-likeness (QED) is 0.558. The molecule has 1 saturated heterocycles. The van der Waals surface area contributed by atoms with Crippen molar-refractivity contribution in [3.8, 4) is 5.88 Å². The first-order valence-corrected chi connectivity index (χ1v) is 11.4. The number of halogens is 3. The number of aromatic nitrogens is 4. The number of aromatic amines is 1. The summed E-state index contributed by atoms with van der Waals surface area (Å²) in [5.41, 5.74) is -2.32. The summed E-state index contributed by atoms with van der Waals surface area (Å²) in [5.74, 6) is -0.246. The van der Waals surface area contributed by atoms with Gasteiger partial charge < -0.3 is 19.7 Å². The molecule has 2 N–H and O–H groups in total. The van der Waals surface area contributed by atoms with E-state index in [9.17, 15) is 27.9 Å². The second-order valence-corrected chi connectivity index (χ2v) is 9.24. The summed E-state index contributed by atoms with van der Waals surface area (Å²) in [6, 6.07) is 3.65. The molecule has 9 nitrogen and oxygen atoms in total. The standard InChI is InChI=1S/C24H26F3N5O4/c1-11-9-32(10-12(2)21(11)33)23(35)15-5-6-18(28-8-15)36-13(3)19-16(24(25,26)27)7-17-20(31-19)22(34)30-14(4)29-17/h5-8,11-13,21,33H,9-10H2,1-4H3,(H,29,30,34)/t11-,12+,13-,21?/m0/s1. The molecule has 0 radical (unpaired) electrons. The van der Waals surface area contributed by atoms with Crippen molar-refractivity contribution in [1.29, 1.82) is 0 Å². The maximum Gasteiger partial charge on any atom is 0.418 e. The van der Waals surface area contributed by atoms with E-state index in [4.69, 9.17) is 4.74 Å². The lowest BCUT2D eigenvalue weighted by atomic mass is 9.88. The molecule has 12 heteroatoms. The lowest BCUT2D eigenvalue weighted by Gasteiger charge is -2.38. The largest absolute Gasteiger partial charge is 0.468 e. The minimum absolute atomic E-state index is 0.0131. The Labute approximate surface area is 204 Å². The van der Waals surface area contributed by atoms with E-state index in [2.05, 4.69) is 19.9 Å². The molecule has 3 aromatic rings. The highest BCUT2D eigenvalue weighted by Gasteiger charge is 2.37. The molecule has 192 valence electrons. The molecule has 0 spiro atoms. The average molecular weight is 505 g/mol. The van der Waals surface area contributed by atoms with Crippen LogP contribution in [0.1, 0.15) is 54.3 Å². The van der Waals surface area contributed by atoms with Crippen molar-refractivity contribution in [2.75, 3.05) is 13.1 Å². The minimum atomic E-state index is -4.76. The number of alkyl halides is 3. The SMILES string of the molecule is Cc1nc2cc(C(F)(F)F)c([C@H](C)Oc3ccc(C(=O)N4C[C@@H](C)C(O)[C@@H](C)C4)cn3)nc2c(=O)[nH]1. The van der Waals surface area contributed by atoms with Gasteiger partial charge in [-0.05, 0) is 37.8 Å². The first-order chi connectivity index (χ1) is 16.8. The van der Waals surface area contributed by atoms with Crippen LogP contribution in [-0.4, -0.2) is 55.0 Å². The molecule has 0 saturated carbocycles. The van der Waals surface area contributed by atoms with Crippen LogP contribution in [0.5, 0.6) is 5.88 Å². The fourth-order valence-corrected chi connectivity index (χ4v) is 4.45. The number of aliphatic hydroxyl groups excluding tert-OH is 1. The number of nitrogens with zero attached hydrogens (tertiary/aromatic N) is 4. The lowest BCUT2D eigenvalue weighted by Crippen LogP contribution is -2.49. The fraction of sp³-hybridized carbons (Fsp3) is 0.458. The molecule has 4 heterocycles. The predicted octanol–water partition coefficient (Wildman–Crippen LogP) is 3.27. The molecule has 4 atom stereocenters. The third-order valence-corrected chi connectivity index (χ3v) is 6.27. The molecule has 1 unspecified atom stereocenters. The highest BCUT2D eigenvalue weighted by molar-refractivity contribution is 5.94. The van der Waals surface area contributed by atoms with Crippen LogP contribution in [0.4, 0.5) is 13.2 Å². The lowest BCUT2D eigenvalue weighted by molar-refractivity contribution is -0.139. The van der Waals surface area contributed by atoms with Gasteiger partial charge in [-0.25, -0.2) is 15.0 Å². The number of ether oxygens (including phenoxy) is 1. The Morgan fingerprint density at radius 2 is 1.89 bits per heavy atom. The van der Waals surface area contributed by atoms with Crippen molar-refractivity contribution in [2.24, 2.45) is 11.8 Å². The third kappa shape index (κ3) is 5.03. The Morgan fingerprint density at radius 1 is 1.22 bits per heavy atom. The maximum absolute atomic E-state index is 13.8. The number of likely N-dealkylation sites (tertiary alicyclic amines) is 1. The molecule has 0 bridgehead atoms. The number of fused-ring (bicyclic) bond motifs is 1. The molecule has 4 rings (SSSR count). The van der Waals surface area contributed by atoms with Crippen molar-refractivity contribution in [1.82, 2.24) is 24.8 Å². The Bertz CT molecular complexity index is 1330. The van der Waals surface area contributed by atoms with Crippen molar-refractivity contribution in [3.63, 3.8) is 0 Å². The summed E-state index contributed by atoms with van der Waals surface area (Å²) in [6.07, 6.45) is -5.16. The number of aliphatic hydroxyl groups is 1. The van der Waals surface area contributed by atoms with Crippen LogP contribution in [-0.2, 0) is 6.18 Å². The number of pyridine rings is 2. The van der Waals surface area contributed by atoms with E-state index in [1.165, 1.54) is 32.2 Å². The number of H-pyrrole nitrogens is 1.